The van der Waals surface area contributed by atoms with Crippen LogP contribution in [0.1, 0.15) is 43.2 Å². The van der Waals surface area contributed by atoms with E-state index in [2.05, 4.69) is 10.3 Å². The van der Waals surface area contributed by atoms with E-state index in [-0.39, 0.29) is 12.3 Å². The minimum Gasteiger partial charge on any atom is -0.473 e. The number of rotatable bonds is 7. The maximum absolute atomic E-state index is 12.1. The van der Waals surface area contributed by atoms with Crippen molar-refractivity contribution in [2.45, 2.75) is 50.9 Å². The predicted octanol–water partition coefficient (Wildman–Crippen LogP) is 2.97. The second kappa shape index (κ2) is 8.12. The van der Waals surface area contributed by atoms with Crippen LogP contribution in [0.25, 0.3) is 0 Å². The van der Waals surface area contributed by atoms with Crippen LogP contribution < -0.4 is 10.1 Å². The van der Waals surface area contributed by atoms with Crippen LogP contribution in [-0.2, 0) is 17.9 Å². The van der Waals surface area contributed by atoms with Gasteiger partial charge in [-0.05, 0) is 24.5 Å². The van der Waals surface area contributed by atoms with Crippen molar-refractivity contribution in [3.05, 3.63) is 59.8 Å². The molecule has 0 saturated heterocycles. The molecule has 1 heterocycles. The maximum Gasteiger partial charge on any atom is 0.223 e. The Morgan fingerprint density at radius 1 is 1.16 bits per heavy atom. The summed E-state index contributed by atoms with van der Waals surface area (Å²) in [5.41, 5.74) is 1.06. The van der Waals surface area contributed by atoms with Gasteiger partial charge in [0.2, 0.25) is 11.8 Å². The number of nitrogens with zero attached hydrogens (tertiary/aromatic N) is 1. The third-order valence-electron chi connectivity index (χ3n) is 4.57. The summed E-state index contributed by atoms with van der Waals surface area (Å²) in [7, 11) is 0. The summed E-state index contributed by atoms with van der Waals surface area (Å²) < 4.78 is 5.80. The largest absolute Gasteiger partial charge is 0.473 e. The molecule has 1 amide bonds. The van der Waals surface area contributed by atoms with Crippen LogP contribution in [0.5, 0.6) is 5.88 Å². The summed E-state index contributed by atoms with van der Waals surface area (Å²) in [6, 6.07) is 13.6. The first kappa shape index (κ1) is 17.4. The Hall–Kier alpha value is -2.40. The Kier molecular flexibility index (Phi) is 5.66. The summed E-state index contributed by atoms with van der Waals surface area (Å²) in [6.07, 6.45) is 5.23. The Morgan fingerprint density at radius 3 is 2.68 bits per heavy atom. The number of amides is 1. The molecule has 2 aromatic rings. The van der Waals surface area contributed by atoms with E-state index in [0.29, 0.717) is 31.9 Å². The van der Waals surface area contributed by atoms with Gasteiger partial charge in [0.05, 0.1) is 12.0 Å². The molecule has 5 heteroatoms. The molecule has 5 nitrogen and oxygen atoms in total. The number of benzene rings is 1. The summed E-state index contributed by atoms with van der Waals surface area (Å²) in [4.78, 5) is 16.4. The molecule has 0 unspecified atom stereocenters. The van der Waals surface area contributed by atoms with Crippen molar-refractivity contribution in [2.24, 2.45) is 0 Å². The van der Waals surface area contributed by atoms with E-state index in [1.165, 1.54) is 0 Å². The van der Waals surface area contributed by atoms with Crippen LogP contribution in [0.2, 0.25) is 0 Å². The first-order chi connectivity index (χ1) is 12.1. The highest BCUT2D eigenvalue weighted by Crippen LogP contribution is 2.32. The van der Waals surface area contributed by atoms with Gasteiger partial charge in [0, 0.05) is 18.3 Å². The number of aromatic nitrogens is 1. The first-order valence-corrected chi connectivity index (χ1v) is 8.74. The Labute approximate surface area is 148 Å². The zero-order valence-corrected chi connectivity index (χ0v) is 14.3. The monoisotopic (exact) mass is 340 g/mol. The minimum absolute atomic E-state index is 0.137. The van der Waals surface area contributed by atoms with Gasteiger partial charge in [-0.2, -0.15) is 0 Å². The highest BCUT2D eigenvalue weighted by Gasteiger charge is 2.33. The van der Waals surface area contributed by atoms with E-state index in [1.54, 1.807) is 6.20 Å². The molecule has 0 atom stereocenters. The zero-order chi connectivity index (χ0) is 17.5. The van der Waals surface area contributed by atoms with Crippen LogP contribution in [0.15, 0.2) is 48.7 Å². The van der Waals surface area contributed by atoms with Crippen LogP contribution in [0, 0.1) is 0 Å². The third kappa shape index (κ3) is 5.03. The minimum atomic E-state index is -0.828. The van der Waals surface area contributed by atoms with Crippen LogP contribution in [0.3, 0.4) is 0 Å². The number of pyridine rings is 1. The topological polar surface area (TPSA) is 71.5 Å². The lowest BCUT2D eigenvalue weighted by Gasteiger charge is -2.21. The normalized spacial score (nSPS) is 15.7. The van der Waals surface area contributed by atoms with Gasteiger partial charge in [0.15, 0.2) is 0 Å². The molecular formula is C20H24N2O3. The van der Waals surface area contributed by atoms with Crippen LogP contribution >= 0.6 is 0 Å². The van der Waals surface area contributed by atoms with Crippen LogP contribution in [-0.4, -0.2) is 21.6 Å². The predicted molar refractivity (Wildman–Crippen MR) is 94.9 cm³/mol. The molecule has 3 rings (SSSR count). The molecular weight excluding hydrogens is 316 g/mol. The van der Waals surface area contributed by atoms with Crippen molar-refractivity contribution in [3.63, 3.8) is 0 Å². The molecule has 0 aliphatic heterocycles. The van der Waals surface area contributed by atoms with Crippen molar-refractivity contribution >= 4 is 5.91 Å². The molecule has 1 fully saturated rings. The van der Waals surface area contributed by atoms with E-state index < -0.39 is 5.60 Å². The number of carbonyl (C=O) groups is 1. The average Bonchev–Trinajstić information content (AvgIpc) is 3.05. The summed E-state index contributed by atoms with van der Waals surface area (Å²) in [5, 5.41) is 13.2. The van der Waals surface area contributed by atoms with Gasteiger partial charge in [-0.25, -0.2) is 4.98 Å². The Balaban J connectivity index is 1.54. The number of ether oxygens (including phenoxy) is 1. The van der Waals surface area contributed by atoms with Crippen molar-refractivity contribution in [1.29, 1.82) is 0 Å². The zero-order valence-electron chi connectivity index (χ0n) is 14.3. The maximum atomic E-state index is 12.1. The standard InChI is InChI=1S/C20H24N2O3/c23-18(13-20(24)10-4-5-11-20)22-14-17-9-6-12-21-19(17)25-15-16-7-2-1-3-8-16/h1-3,6-9,12,24H,4-5,10-11,13-15H2,(H,22,23). The van der Waals surface area contributed by atoms with Gasteiger partial charge >= 0.3 is 0 Å². The van der Waals surface area contributed by atoms with Gasteiger partial charge in [-0.3, -0.25) is 4.79 Å². The van der Waals surface area contributed by atoms with Crippen molar-refractivity contribution < 1.29 is 14.6 Å². The van der Waals surface area contributed by atoms with Crippen molar-refractivity contribution in [1.82, 2.24) is 10.3 Å². The number of nitrogens with one attached hydrogen (secondary N) is 1. The molecule has 0 radical (unpaired) electrons. The quantitative estimate of drug-likeness (QED) is 0.813. The fraction of sp³-hybridized carbons (Fsp3) is 0.400. The molecule has 0 bridgehead atoms. The molecule has 1 aromatic carbocycles. The van der Waals surface area contributed by atoms with Gasteiger partial charge in [0.25, 0.3) is 0 Å². The van der Waals surface area contributed by atoms with Gasteiger partial charge in [-0.1, -0.05) is 49.2 Å². The molecule has 1 aromatic heterocycles. The Morgan fingerprint density at radius 2 is 1.92 bits per heavy atom. The molecule has 132 valence electrons. The highest BCUT2D eigenvalue weighted by atomic mass is 16.5. The molecule has 2 N–H and O–H groups in total. The first-order valence-electron chi connectivity index (χ1n) is 8.74. The van der Waals surface area contributed by atoms with E-state index in [0.717, 1.165) is 24.0 Å². The summed E-state index contributed by atoms with van der Waals surface area (Å²) in [6.45, 7) is 0.769. The van der Waals surface area contributed by atoms with Crippen molar-refractivity contribution in [2.75, 3.05) is 0 Å². The molecule has 1 aliphatic rings. The van der Waals surface area contributed by atoms with E-state index in [1.807, 2.05) is 42.5 Å². The van der Waals surface area contributed by atoms with Gasteiger partial charge < -0.3 is 15.2 Å². The SMILES string of the molecule is O=C(CC1(O)CCCC1)NCc1cccnc1OCc1ccccc1. The fourth-order valence-corrected chi connectivity index (χ4v) is 3.18. The lowest BCUT2D eigenvalue weighted by molar-refractivity contribution is -0.126. The molecule has 0 spiro atoms. The number of hydrogen-bond acceptors (Lipinski definition) is 4. The molecule has 1 saturated carbocycles. The second-order valence-corrected chi connectivity index (χ2v) is 6.63. The number of carbonyl (C=O) groups excluding carboxylic acids is 1. The fourth-order valence-electron chi connectivity index (χ4n) is 3.18. The Bertz CT molecular complexity index is 697. The second-order valence-electron chi connectivity index (χ2n) is 6.63. The van der Waals surface area contributed by atoms with Crippen molar-refractivity contribution in [3.8, 4) is 5.88 Å². The molecule has 1 aliphatic carbocycles. The van der Waals surface area contributed by atoms with Crippen LogP contribution in [0.4, 0.5) is 0 Å². The average molecular weight is 340 g/mol. The van der Waals surface area contributed by atoms with Gasteiger partial charge in [-0.15, -0.1) is 0 Å². The highest BCUT2D eigenvalue weighted by molar-refractivity contribution is 5.77. The number of hydrogen-bond donors (Lipinski definition) is 2. The third-order valence-corrected chi connectivity index (χ3v) is 4.57. The lowest BCUT2D eigenvalue weighted by Crippen LogP contribution is -2.34. The van der Waals surface area contributed by atoms with E-state index in [9.17, 15) is 9.90 Å². The number of aliphatic hydroxyl groups is 1. The summed E-state index contributed by atoms with van der Waals surface area (Å²) in [5.74, 6) is 0.383. The van der Waals surface area contributed by atoms with E-state index in [4.69, 9.17) is 4.74 Å². The van der Waals surface area contributed by atoms with Gasteiger partial charge in [0.1, 0.15) is 6.61 Å². The smallest absolute Gasteiger partial charge is 0.223 e. The summed E-state index contributed by atoms with van der Waals surface area (Å²) >= 11 is 0. The lowest BCUT2D eigenvalue weighted by atomic mass is 9.98. The molecule has 25 heavy (non-hydrogen) atoms. The van der Waals surface area contributed by atoms with E-state index >= 15 is 0 Å².